The van der Waals surface area contributed by atoms with Crippen LogP contribution in [-0.2, 0) is 0 Å². The van der Waals surface area contributed by atoms with E-state index in [1.165, 1.54) is 5.69 Å². The Balaban J connectivity index is 1.63. The number of aliphatic hydroxyl groups excluding tert-OH is 1. The Bertz CT molecular complexity index is 709. The van der Waals surface area contributed by atoms with Crippen molar-refractivity contribution in [2.75, 3.05) is 36.0 Å². The lowest BCUT2D eigenvalue weighted by atomic mass is 9.92. The van der Waals surface area contributed by atoms with E-state index >= 15 is 0 Å². The van der Waals surface area contributed by atoms with Crippen LogP contribution < -0.4 is 15.1 Å². The Morgan fingerprint density at radius 1 is 0.960 bits per heavy atom. The molecule has 0 saturated carbocycles. The van der Waals surface area contributed by atoms with Crippen LogP contribution in [0.4, 0.5) is 11.4 Å². The predicted molar refractivity (Wildman–Crippen MR) is 100 cm³/mol. The Labute approximate surface area is 148 Å². The monoisotopic (exact) mass is 339 g/mol. The van der Waals surface area contributed by atoms with E-state index in [-0.39, 0.29) is 17.7 Å². The van der Waals surface area contributed by atoms with Crippen molar-refractivity contribution < 1.29 is 10.2 Å². The first-order valence-corrected chi connectivity index (χ1v) is 8.99. The van der Waals surface area contributed by atoms with E-state index in [1.54, 1.807) is 6.07 Å². The summed E-state index contributed by atoms with van der Waals surface area (Å²) in [6.07, 6.45) is 0.490. The average molecular weight is 339 g/mol. The molecule has 132 valence electrons. The standard InChI is InChI=1S/C20H25N3O2/c24-17-8-4-7-16(13-17)23-12-11-22(15-5-2-1-3-6-15)14-19(23)18-9-10-21-20(18)25/h1-8,13,18-21,24-25H,9-12,14H2. The molecule has 2 aromatic rings. The number of para-hydroxylation sites is 1. The number of phenolic OH excluding ortho intramolecular Hbond substituents is 1. The van der Waals surface area contributed by atoms with Crippen molar-refractivity contribution >= 4 is 11.4 Å². The van der Waals surface area contributed by atoms with Crippen LogP contribution in [0.15, 0.2) is 54.6 Å². The summed E-state index contributed by atoms with van der Waals surface area (Å²) in [6, 6.07) is 18.1. The average Bonchev–Trinajstić information content (AvgIpc) is 3.08. The molecule has 2 heterocycles. The Kier molecular flexibility index (Phi) is 4.51. The molecule has 0 radical (unpaired) electrons. The lowest BCUT2D eigenvalue weighted by Crippen LogP contribution is -2.58. The second-order valence-corrected chi connectivity index (χ2v) is 6.91. The molecule has 25 heavy (non-hydrogen) atoms. The van der Waals surface area contributed by atoms with Gasteiger partial charge in [0.25, 0.3) is 0 Å². The first kappa shape index (κ1) is 16.2. The number of aliphatic hydroxyl groups is 1. The van der Waals surface area contributed by atoms with Crippen LogP contribution in [-0.4, -0.2) is 48.7 Å². The molecule has 0 aliphatic carbocycles. The fraction of sp³-hybridized carbons (Fsp3) is 0.400. The number of hydrogen-bond donors (Lipinski definition) is 3. The molecule has 5 nitrogen and oxygen atoms in total. The van der Waals surface area contributed by atoms with Gasteiger partial charge in [-0.3, -0.25) is 5.32 Å². The molecule has 3 N–H and O–H groups in total. The fourth-order valence-corrected chi connectivity index (χ4v) is 4.15. The highest BCUT2D eigenvalue weighted by atomic mass is 16.3. The quantitative estimate of drug-likeness (QED) is 0.799. The molecule has 0 amide bonds. The topological polar surface area (TPSA) is 59.0 Å². The SMILES string of the molecule is Oc1cccc(N2CCN(c3ccccc3)CC2C2CCNC2O)c1. The highest BCUT2D eigenvalue weighted by Gasteiger charge is 2.39. The highest BCUT2D eigenvalue weighted by molar-refractivity contribution is 5.55. The van der Waals surface area contributed by atoms with Gasteiger partial charge in [0.1, 0.15) is 12.0 Å². The summed E-state index contributed by atoms with van der Waals surface area (Å²) in [6.45, 7) is 3.50. The van der Waals surface area contributed by atoms with Crippen LogP contribution in [0.5, 0.6) is 5.75 Å². The van der Waals surface area contributed by atoms with E-state index in [0.29, 0.717) is 0 Å². The molecule has 0 spiro atoms. The van der Waals surface area contributed by atoms with Gasteiger partial charge in [0, 0.05) is 43.0 Å². The Hall–Kier alpha value is -2.24. The Morgan fingerprint density at radius 3 is 2.48 bits per heavy atom. The van der Waals surface area contributed by atoms with Crippen LogP contribution in [0.2, 0.25) is 0 Å². The molecule has 2 saturated heterocycles. The van der Waals surface area contributed by atoms with Crippen molar-refractivity contribution in [3.8, 4) is 5.75 Å². The number of phenols is 1. The van der Waals surface area contributed by atoms with E-state index in [2.05, 4.69) is 39.4 Å². The molecule has 2 aliphatic heterocycles. The van der Waals surface area contributed by atoms with Crippen molar-refractivity contribution in [1.82, 2.24) is 5.32 Å². The molecule has 5 heteroatoms. The van der Waals surface area contributed by atoms with Gasteiger partial charge < -0.3 is 20.0 Å². The van der Waals surface area contributed by atoms with Crippen molar-refractivity contribution in [2.45, 2.75) is 18.7 Å². The van der Waals surface area contributed by atoms with Crippen molar-refractivity contribution in [3.05, 3.63) is 54.6 Å². The van der Waals surface area contributed by atoms with Crippen LogP contribution in [0.3, 0.4) is 0 Å². The van der Waals surface area contributed by atoms with Crippen LogP contribution in [0.25, 0.3) is 0 Å². The predicted octanol–water partition coefficient (Wildman–Crippen LogP) is 2.02. The lowest BCUT2D eigenvalue weighted by molar-refractivity contribution is 0.0965. The van der Waals surface area contributed by atoms with Crippen molar-refractivity contribution in [3.63, 3.8) is 0 Å². The maximum Gasteiger partial charge on any atom is 0.117 e. The highest BCUT2D eigenvalue weighted by Crippen LogP contribution is 2.32. The molecular weight excluding hydrogens is 314 g/mol. The maximum absolute atomic E-state index is 10.4. The molecule has 2 aliphatic rings. The smallest absolute Gasteiger partial charge is 0.117 e. The minimum atomic E-state index is -0.472. The maximum atomic E-state index is 10.4. The zero-order chi connectivity index (χ0) is 17.2. The molecule has 3 unspecified atom stereocenters. The van der Waals surface area contributed by atoms with Gasteiger partial charge in [-0.1, -0.05) is 24.3 Å². The van der Waals surface area contributed by atoms with Gasteiger partial charge in [-0.05, 0) is 37.2 Å². The summed E-state index contributed by atoms with van der Waals surface area (Å²) in [5.74, 6) is 0.459. The van der Waals surface area contributed by atoms with Gasteiger partial charge >= 0.3 is 0 Å². The van der Waals surface area contributed by atoms with E-state index in [0.717, 1.165) is 38.3 Å². The van der Waals surface area contributed by atoms with Crippen LogP contribution in [0, 0.1) is 5.92 Å². The number of anilines is 2. The number of rotatable bonds is 3. The van der Waals surface area contributed by atoms with Gasteiger partial charge in [0.05, 0.1) is 6.04 Å². The normalized spacial score (nSPS) is 26.8. The van der Waals surface area contributed by atoms with Crippen molar-refractivity contribution in [2.24, 2.45) is 5.92 Å². The third kappa shape index (κ3) is 3.30. The van der Waals surface area contributed by atoms with E-state index in [1.807, 2.05) is 24.3 Å². The third-order valence-electron chi connectivity index (χ3n) is 5.43. The molecule has 0 aromatic heterocycles. The second-order valence-electron chi connectivity index (χ2n) is 6.91. The fourth-order valence-electron chi connectivity index (χ4n) is 4.15. The number of nitrogens with one attached hydrogen (secondary N) is 1. The number of aromatic hydroxyl groups is 1. The summed E-state index contributed by atoms with van der Waals surface area (Å²) in [7, 11) is 0. The lowest BCUT2D eigenvalue weighted by Gasteiger charge is -2.46. The minimum Gasteiger partial charge on any atom is -0.508 e. The third-order valence-corrected chi connectivity index (χ3v) is 5.43. The minimum absolute atomic E-state index is 0.175. The zero-order valence-corrected chi connectivity index (χ0v) is 14.3. The molecule has 4 rings (SSSR count). The van der Waals surface area contributed by atoms with E-state index < -0.39 is 6.23 Å². The van der Waals surface area contributed by atoms with Gasteiger partial charge in [0.15, 0.2) is 0 Å². The van der Waals surface area contributed by atoms with Gasteiger partial charge in [-0.15, -0.1) is 0 Å². The van der Waals surface area contributed by atoms with Crippen molar-refractivity contribution in [1.29, 1.82) is 0 Å². The largest absolute Gasteiger partial charge is 0.508 e. The summed E-state index contributed by atoms with van der Waals surface area (Å²) in [5.41, 5.74) is 2.25. The summed E-state index contributed by atoms with van der Waals surface area (Å²) in [5, 5.41) is 23.5. The second kappa shape index (κ2) is 6.94. The first-order chi connectivity index (χ1) is 12.2. The molecule has 2 aromatic carbocycles. The molecule has 0 bridgehead atoms. The van der Waals surface area contributed by atoms with Gasteiger partial charge in [-0.25, -0.2) is 0 Å². The number of nitrogens with zero attached hydrogens (tertiary/aromatic N) is 2. The molecule has 2 fully saturated rings. The number of piperazine rings is 1. The van der Waals surface area contributed by atoms with Crippen LogP contribution >= 0.6 is 0 Å². The van der Waals surface area contributed by atoms with E-state index in [9.17, 15) is 10.2 Å². The Morgan fingerprint density at radius 2 is 1.76 bits per heavy atom. The van der Waals surface area contributed by atoms with Crippen LogP contribution in [0.1, 0.15) is 6.42 Å². The number of hydrogen-bond acceptors (Lipinski definition) is 5. The van der Waals surface area contributed by atoms with Gasteiger partial charge in [-0.2, -0.15) is 0 Å². The van der Waals surface area contributed by atoms with E-state index in [4.69, 9.17) is 0 Å². The van der Waals surface area contributed by atoms with Gasteiger partial charge in [0.2, 0.25) is 0 Å². The zero-order valence-electron chi connectivity index (χ0n) is 14.3. The summed E-state index contributed by atoms with van der Waals surface area (Å²) < 4.78 is 0. The molecular formula is C20H25N3O2. The molecule has 3 atom stereocenters. The number of benzene rings is 2. The first-order valence-electron chi connectivity index (χ1n) is 8.99. The summed E-state index contributed by atoms with van der Waals surface area (Å²) >= 11 is 0. The summed E-state index contributed by atoms with van der Waals surface area (Å²) in [4.78, 5) is 4.75.